The van der Waals surface area contributed by atoms with Crippen molar-refractivity contribution in [1.82, 2.24) is 20.9 Å². The average Bonchev–Trinajstić information content (AvgIpc) is 3.46. The number of aromatic hydroxyl groups is 2. The van der Waals surface area contributed by atoms with Crippen molar-refractivity contribution in [1.29, 1.82) is 0 Å². The third-order valence-corrected chi connectivity index (χ3v) is 7.43. The van der Waals surface area contributed by atoms with Crippen molar-refractivity contribution in [2.75, 3.05) is 13.1 Å². The Kier molecular flexibility index (Phi) is 13.0. The molecule has 0 spiro atoms. The van der Waals surface area contributed by atoms with Gasteiger partial charge in [-0.05, 0) is 56.2 Å². The van der Waals surface area contributed by atoms with Gasteiger partial charge >= 0.3 is 5.97 Å². The first-order chi connectivity index (χ1) is 20.3. The van der Waals surface area contributed by atoms with Crippen LogP contribution >= 0.6 is 0 Å². The third-order valence-electron chi connectivity index (χ3n) is 7.43. The van der Waals surface area contributed by atoms with Gasteiger partial charge in [0.15, 0.2) is 5.96 Å². The second-order valence-corrected chi connectivity index (χ2v) is 10.5. The minimum atomic E-state index is -1.19. The maximum Gasteiger partial charge on any atom is 0.326 e. The van der Waals surface area contributed by atoms with Gasteiger partial charge in [0.2, 0.25) is 17.7 Å². The molecule has 1 fully saturated rings. The fourth-order valence-corrected chi connectivity index (χ4v) is 4.76. The number of benzene rings is 1. The van der Waals surface area contributed by atoms with Crippen LogP contribution < -0.4 is 27.4 Å². The highest BCUT2D eigenvalue weighted by molar-refractivity contribution is 6.01. The fraction of sp³-hybridized carbons (Fsp3) is 0.571. The summed E-state index contributed by atoms with van der Waals surface area (Å²) in [4.78, 5) is 69.9. The number of guanidine groups is 1. The Hall–Kier alpha value is -4.56. The minimum absolute atomic E-state index is 0.0945. The number of phenolic OH excluding ortho intramolecular Hbond substituents is 2. The maximum absolute atomic E-state index is 13.8. The Morgan fingerprint density at radius 2 is 1.74 bits per heavy atom. The molecule has 15 nitrogen and oxygen atoms in total. The first-order valence-corrected chi connectivity index (χ1v) is 14.3. The summed E-state index contributed by atoms with van der Waals surface area (Å²) < 4.78 is 0. The number of nitrogens with zero attached hydrogens (tertiary/aromatic N) is 2. The molecule has 10 N–H and O–H groups in total. The van der Waals surface area contributed by atoms with Crippen LogP contribution in [0.2, 0.25) is 0 Å². The van der Waals surface area contributed by atoms with Gasteiger partial charge in [-0.2, -0.15) is 0 Å². The largest absolute Gasteiger partial charge is 0.508 e. The van der Waals surface area contributed by atoms with Gasteiger partial charge in [-0.1, -0.05) is 27.2 Å². The summed E-state index contributed by atoms with van der Waals surface area (Å²) in [6.07, 6.45) is 1.86. The summed E-state index contributed by atoms with van der Waals surface area (Å²) in [6.45, 7) is 5.59. The highest BCUT2D eigenvalue weighted by Gasteiger charge is 2.40. The number of hydrogen-bond acceptors (Lipinski definition) is 8. The van der Waals surface area contributed by atoms with Gasteiger partial charge in [0.1, 0.15) is 35.7 Å². The van der Waals surface area contributed by atoms with E-state index in [2.05, 4.69) is 20.9 Å². The molecule has 1 unspecified atom stereocenters. The average molecular weight is 606 g/mol. The molecule has 0 bridgehead atoms. The predicted octanol–water partition coefficient (Wildman–Crippen LogP) is -0.249. The molecule has 238 valence electrons. The van der Waals surface area contributed by atoms with Crippen molar-refractivity contribution < 1.29 is 39.3 Å². The van der Waals surface area contributed by atoms with Crippen LogP contribution in [-0.4, -0.2) is 93.0 Å². The molecule has 4 amide bonds. The second kappa shape index (κ2) is 16.2. The zero-order valence-electron chi connectivity index (χ0n) is 24.7. The van der Waals surface area contributed by atoms with Crippen LogP contribution in [-0.2, 0) is 19.2 Å². The normalized spacial score (nSPS) is 17.2. The number of aliphatic carboxylic acids is 1. The van der Waals surface area contributed by atoms with Crippen LogP contribution in [0.5, 0.6) is 11.5 Å². The highest BCUT2D eigenvalue weighted by atomic mass is 16.4. The number of carbonyl (C=O) groups is 5. The summed E-state index contributed by atoms with van der Waals surface area (Å²) >= 11 is 0. The number of rotatable bonds is 15. The lowest BCUT2D eigenvalue weighted by atomic mass is 9.97. The molecule has 1 saturated heterocycles. The van der Waals surface area contributed by atoms with Gasteiger partial charge in [0.25, 0.3) is 5.91 Å². The Labute approximate surface area is 250 Å². The minimum Gasteiger partial charge on any atom is -0.508 e. The van der Waals surface area contributed by atoms with Gasteiger partial charge < -0.3 is 47.6 Å². The first-order valence-electron chi connectivity index (χ1n) is 14.3. The summed E-state index contributed by atoms with van der Waals surface area (Å²) in [7, 11) is 0. The molecule has 0 saturated carbocycles. The van der Waals surface area contributed by atoms with E-state index < -0.39 is 59.5 Å². The quantitative estimate of drug-likeness (QED) is 0.0563. The van der Waals surface area contributed by atoms with Crippen molar-refractivity contribution >= 4 is 35.6 Å². The van der Waals surface area contributed by atoms with E-state index in [1.165, 1.54) is 11.0 Å². The van der Waals surface area contributed by atoms with E-state index in [-0.39, 0.29) is 49.1 Å². The lowest BCUT2D eigenvalue weighted by molar-refractivity contribution is -0.143. The van der Waals surface area contributed by atoms with Crippen LogP contribution in [0.25, 0.3) is 0 Å². The number of likely N-dealkylation sites (tertiary alicyclic amines) is 1. The maximum atomic E-state index is 13.8. The number of aliphatic imine (C=N–C) groups is 1. The standard InChI is InChI=1S/C28H43N7O8/c1-4-15(3)22(25(40)32-18(5-2)27(42)43)34-24(39)20-9-7-13-35(20)26(41)19(8-6-12-31-28(29)30)33-23(38)17-14-16(36)10-11-21(17)37/h10-11,14-15,18-20,22,36-37H,4-9,12-13H2,1-3H3,(H,32,40)(H,33,38)(H,34,39)(H,42,43)(H4,29,30,31)/t15-,18?,19-,20-,22-/m0/s1. The molecule has 2 rings (SSSR count). The summed E-state index contributed by atoms with van der Waals surface area (Å²) in [5.41, 5.74) is 10.5. The molecule has 5 atom stereocenters. The number of phenols is 2. The molecule has 15 heteroatoms. The van der Waals surface area contributed by atoms with Crippen LogP contribution in [0.4, 0.5) is 0 Å². The number of hydrogen-bond donors (Lipinski definition) is 8. The van der Waals surface area contributed by atoms with Gasteiger partial charge in [0.05, 0.1) is 5.56 Å². The third kappa shape index (κ3) is 9.75. The smallest absolute Gasteiger partial charge is 0.326 e. The molecule has 1 heterocycles. The first kappa shape index (κ1) is 34.6. The van der Waals surface area contributed by atoms with E-state index in [9.17, 15) is 39.3 Å². The molecule has 1 aliphatic rings. The zero-order valence-corrected chi connectivity index (χ0v) is 24.7. The highest BCUT2D eigenvalue weighted by Crippen LogP contribution is 2.24. The molecule has 1 aromatic carbocycles. The van der Waals surface area contributed by atoms with E-state index in [0.29, 0.717) is 25.7 Å². The zero-order chi connectivity index (χ0) is 32.3. The number of carboxylic acid groups (broad SMARTS) is 1. The molecule has 0 aliphatic carbocycles. The number of carboxylic acids is 1. The van der Waals surface area contributed by atoms with E-state index in [1.807, 2.05) is 6.92 Å². The van der Waals surface area contributed by atoms with Gasteiger partial charge in [0, 0.05) is 13.1 Å². The van der Waals surface area contributed by atoms with Crippen molar-refractivity contribution in [2.45, 2.75) is 83.5 Å². The van der Waals surface area contributed by atoms with Crippen molar-refractivity contribution in [3.05, 3.63) is 23.8 Å². The summed E-state index contributed by atoms with van der Waals surface area (Å²) in [5.74, 6) is -4.91. The monoisotopic (exact) mass is 605 g/mol. The number of nitrogens with one attached hydrogen (secondary N) is 3. The molecule has 0 aromatic heterocycles. The summed E-state index contributed by atoms with van der Waals surface area (Å²) in [5, 5.41) is 37.0. The van der Waals surface area contributed by atoms with Crippen LogP contribution in [0.3, 0.4) is 0 Å². The summed E-state index contributed by atoms with van der Waals surface area (Å²) in [6, 6.07) is -0.823. The van der Waals surface area contributed by atoms with Crippen LogP contribution in [0.1, 0.15) is 69.7 Å². The molecule has 0 radical (unpaired) electrons. The van der Waals surface area contributed by atoms with E-state index in [0.717, 1.165) is 12.1 Å². The molecular formula is C28H43N7O8. The van der Waals surface area contributed by atoms with Gasteiger partial charge in [-0.15, -0.1) is 0 Å². The number of carbonyl (C=O) groups excluding carboxylic acids is 4. The number of nitrogens with two attached hydrogens (primary N) is 2. The molecule has 1 aliphatic heterocycles. The number of amides is 4. The van der Waals surface area contributed by atoms with Gasteiger partial charge in [-0.3, -0.25) is 24.2 Å². The Morgan fingerprint density at radius 1 is 1.05 bits per heavy atom. The Morgan fingerprint density at radius 3 is 2.35 bits per heavy atom. The van der Waals surface area contributed by atoms with Crippen LogP contribution in [0, 0.1) is 5.92 Å². The topological polar surface area (TPSA) is 250 Å². The second-order valence-electron chi connectivity index (χ2n) is 10.5. The lowest BCUT2D eigenvalue weighted by Gasteiger charge is -2.31. The Balaban J connectivity index is 2.26. The Bertz CT molecular complexity index is 1200. The molecule has 43 heavy (non-hydrogen) atoms. The fourth-order valence-electron chi connectivity index (χ4n) is 4.76. The van der Waals surface area contributed by atoms with E-state index >= 15 is 0 Å². The van der Waals surface area contributed by atoms with Crippen LogP contribution in [0.15, 0.2) is 23.2 Å². The van der Waals surface area contributed by atoms with Crippen molar-refractivity contribution in [2.24, 2.45) is 22.4 Å². The van der Waals surface area contributed by atoms with E-state index in [4.69, 9.17) is 11.5 Å². The molecule has 1 aromatic rings. The van der Waals surface area contributed by atoms with Crippen molar-refractivity contribution in [3.8, 4) is 11.5 Å². The van der Waals surface area contributed by atoms with Crippen molar-refractivity contribution in [3.63, 3.8) is 0 Å². The predicted molar refractivity (Wildman–Crippen MR) is 157 cm³/mol. The molecular weight excluding hydrogens is 562 g/mol. The lowest BCUT2D eigenvalue weighted by Crippen LogP contribution is -2.58. The van der Waals surface area contributed by atoms with Gasteiger partial charge in [-0.25, -0.2) is 4.79 Å². The SMILES string of the molecule is CCC(NC(=O)[C@@H](NC(=O)[C@@H]1CCCN1C(=O)[C@H](CCCN=C(N)N)NC(=O)c1cc(O)ccc1O)[C@@H](C)CC)C(=O)O. The van der Waals surface area contributed by atoms with E-state index in [1.54, 1.807) is 13.8 Å².